The fourth-order valence-corrected chi connectivity index (χ4v) is 12.4. The first-order valence-corrected chi connectivity index (χ1v) is 22.8. The molecule has 0 radical (unpaired) electrons. The lowest BCUT2D eigenvalue weighted by Gasteiger charge is -2.64. The van der Waals surface area contributed by atoms with Gasteiger partial charge in [-0.1, -0.05) is 19.9 Å². The molecule has 6 fully saturated rings. The molecule has 384 valence electrons. The Morgan fingerprint density at radius 1 is 0.701 bits per heavy atom. The zero-order chi connectivity index (χ0) is 49.6. The maximum Gasteiger partial charge on any atom is 0.314 e. The molecule has 67 heavy (non-hydrogen) atoms. The average Bonchev–Trinajstić information content (AvgIpc) is 3.49. The lowest BCUT2D eigenvalue weighted by molar-refractivity contribution is -0.387. The second-order valence-electron chi connectivity index (χ2n) is 19.7. The molecule has 2 saturated heterocycles. The summed E-state index contributed by atoms with van der Waals surface area (Å²) < 4.78 is 35.8. The highest BCUT2D eigenvalue weighted by Gasteiger charge is 2.69. The maximum atomic E-state index is 14.0. The lowest BCUT2D eigenvalue weighted by atomic mass is 9.41. The third-order valence-corrected chi connectivity index (χ3v) is 15.8. The number of hydrogen-bond acceptors (Lipinski definition) is 23. The van der Waals surface area contributed by atoms with Crippen molar-refractivity contribution in [2.24, 2.45) is 28.1 Å². The number of carbonyl (C=O) groups is 1. The summed E-state index contributed by atoms with van der Waals surface area (Å²) in [4.78, 5) is 14.0. The van der Waals surface area contributed by atoms with Gasteiger partial charge in [-0.2, -0.15) is 0 Å². The summed E-state index contributed by atoms with van der Waals surface area (Å²) in [5.74, 6) is -5.82. The molecule has 2 bridgehead atoms. The van der Waals surface area contributed by atoms with E-state index in [9.17, 15) is 81.4 Å². The molecule has 0 aromatic carbocycles. The molecule has 0 aromatic rings. The van der Waals surface area contributed by atoms with Crippen molar-refractivity contribution in [3.63, 3.8) is 0 Å². The number of hydrogen-bond donors (Lipinski definition) is 16. The van der Waals surface area contributed by atoms with Gasteiger partial charge in [0.2, 0.25) is 12.0 Å². The van der Waals surface area contributed by atoms with Gasteiger partial charge in [0.25, 0.3) is 6.29 Å². The van der Waals surface area contributed by atoms with Crippen molar-refractivity contribution in [2.75, 3.05) is 26.4 Å². The fraction of sp³-hybridized carbons (Fsp3) is 0.841. The Morgan fingerprint density at radius 2 is 1.27 bits per heavy atom. The smallest absolute Gasteiger partial charge is 0.314 e. The van der Waals surface area contributed by atoms with Gasteiger partial charge in [0.05, 0.1) is 24.2 Å². The van der Waals surface area contributed by atoms with E-state index in [-0.39, 0.29) is 18.3 Å². The van der Waals surface area contributed by atoms with Gasteiger partial charge in [-0.3, -0.25) is 4.79 Å². The fourth-order valence-electron chi connectivity index (χ4n) is 12.4. The molecule has 16 N–H and O–H groups in total. The van der Waals surface area contributed by atoms with Crippen molar-refractivity contribution in [1.29, 1.82) is 0 Å². The normalized spacial score (nSPS) is 43.5. The molecular weight excluding hydrogens is 896 g/mol. The molecule has 4 saturated carbocycles. The Morgan fingerprint density at radius 3 is 1.87 bits per heavy atom. The summed E-state index contributed by atoms with van der Waals surface area (Å²) in [6.45, 7) is 5.45. The van der Waals surface area contributed by atoms with E-state index in [4.69, 9.17) is 33.5 Å². The van der Waals surface area contributed by atoms with Crippen molar-refractivity contribution in [2.45, 2.75) is 176 Å². The summed E-state index contributed by atoms with van der Waals surface area (Å²) in [7, 11) is 0. The zero-order valence-electron chi connectivity index (χ0n) is 37.6. The third-order valence-electron chi connectivity index (χ3n) is 15.8. The molecule has 2 aliphatic heterocycles. The van der Waals surface area contributed by atoms with Crippen molar-refractivity contribution >= 4 is 5.97 Å². The molecule has 23 nitrogen and oxygen atoms in total. The quantitative estimate of drug-likeness (QED) is 0.0234. The van der Waals surface area contributed by atoms with E-state index in [0.29, 0.717) is 56.9 Å². The Labute approximate surface area is 386 Å². The highest BCUT2D eigenvalue weighted by Crippen LogP contribution is 2.73. The number of carbonyl (C=O) groups excluding carboxylic acids is 1. The van der Waals surface area contributed by atoms with Gasteiger partial charge in [-0.25, -0.2) is 0 Å². The van der Waals surface area contributed by atoms with Crippen LogP contribution in [0.2, 0.25) is 0 Å². The van der Waals surface area contributed by atoms with Gasteiger partial charge in [-0.05, 0) is 86.5 Å². The van der Waals surface area contributed by atoms with Crippen LogP contribution in [0.3, 0.4) is 0 Å². The minimum atomic E-state index is -2.51. The highest BCUT2D eigenvalue weighted by atomic mass is 16.8. The SMILES string of the molecule is C=C1C[C@@]23CCC4[C@@](C)(CCC[C@@]4(C)C(=O)OC(O)/C(O)=C(/O)C(O)CCO)C2CC[C@]1(OC1OC(CO)C(O)C(OC(O)/C(O)=C(/O)C(O)CCO)C1OC1OC(CO)C(O)C(O)C1O)C3. The van der Waals surface area contributed by atoms with Crippen LogP contribution in [-0.2, 0) is 33.2 Å². The number of ether oxygens (including phenoxy) is 6. The Hall–Kier alpha value is -2.79. The predicted octanol–water partition coefficient (Wildman–Crippen LogP) is -1.94. The van der Waals surface area contributed by atoms with E-state index in [1.165, 1.54) is 0 Å². The summed E-state index contributed by atoms with van der Waals surface area (Å²) >= 11 is 0. The van der Waals surface area contributed by atoms with Gasteiger partial charge in [-0.15, -0.1) is 0 Å². The predicted molar refractivity (Wildman–Crippen MR) is 223 cm³/mol. The number of aliphatic hydroxyl groups is 16. The van der Waals surface area contributed by atoms with E-state index < -0.39 is 170 Å². The van der Waals surface area contributed by atoms with Crippen molar-refractivity contribution < 1.29 is 115 Å². The van der Waals surface area contributed by atoms with E-state index >= 15 is 0 Å². The standard InChI is InChI=1S/C44H70O23/c1-19-15-43-11-5-24-41(2,9-4-10-42(24,3)40(61)66-37(60)32(57)27(52)21(50)8-14-46)25(43)6-12-44(19,18-43)67-39-35(65-38-33(58)30(55)28(53)22(16-47)62-38)34(29(54)23(17-48)63-39)64-36(59)31(56)26(51)20(49)7-13-45/h20-25,28-30,33-39,45-60H,1,4-18H2,2-3H3/b31-26-,32-27-/t20?,21?,22?,23?,24?,25?,28?,29?,30?,33?,34?,35?,36?,37?,38?,39?,41-,42-,43-,44+/m1/s1. The van der Waals surface area contributed by atoms with E-state index in [0.717, 1.165) is 6.42 Å². The van der Waals surface area contributed by atoms with Crippen LogP contribution in [0.4, 0.5) is 0 Å². The Kier molecular flexibility index (Phi) is 16.7. The monoisotopic (exact) mass is 966 g/mol. The first-order valence-electron chi connectivity index (χ1n) is 22.8. The van der Waals surface area contributed by atoms with Crippen LogP contribution >= 0.6 is 0 Å². The molecule has 0 aromatic heterocycles. The van der Waals surface area contributed by atoms with Crippen molar-refractivity contribution in [3.8, 4) is 0 Å². The second-order valence-corrected chi connectivity index (χ2v) is 19.7. The number of esters is 1. The van der Waals surface area contributed by atoms with Crippen LogP contribution in [0.25, 0.3) is 0 Å². The van der Waals surface area contributed by atoms with Crippen LogP contribution < -0.4 is 0 Å². The van der Waals surface area contributed by atoms with Crippen LogP contribution in [0.15, 0.2) is 35.2 Å². The van der Waals surface area contributed by atoms with Gasteiger partial charge in [0, 0.05) is 26.1 Å². The first kappa shape index (κ1) is 53.6. The van der Waals surface area contributed by atoms with Gasteiger partial charge >= 0.3 is 5.97 Å². The van der Waals surface area contributed by atoms with Crippen LogP contribution in [0.5, 0.6) is 0 Å². The van der Waals surface area contributed by atoms with Gasteiger partial charge in [0.15, 0.2) is 29.9 Å². The van der Waals surface area contributed by atoms with E-state index in [2.05, 4.69) is 13.5 Å². The molecule has 6 rings (SSSR count). The summed E-state index contributed by atoms with van der Waals surface area (Å²) in [5, 5.41) is 166. The number of aliphatic hydroxyl groups excluding tert-OH is 16. The average molecular weight is 967 g/mol. The maximum absolute atomic E-state index is 14.0. The Bertz CT molecular complexity index is 1810. The van der Waals surface area contributed by atoms with Crippen LogP contribution in [0.1, 0.15) is 84.5 Å². The topological polar surface area (TPSA) is 396 Å². The minimum absolute atomic E-state index is 0.0339. The number of rotatable bonds is 18. The summed E-state index contributed by atoms with van der Waals surface area (Å²) in [5.41, 5.74) is -2.67. The molecule has 20 atom stereocenters. The largest absolute Gasteiger partial charge is 0.506 e. The molecule has 16 unspecified atom stereocenters. The molecular formula is C44H70O23. The molecule has 6 aliphatic rings. The van der Waals surface area contributed by atoms with Gasteiger partial charge < -0.3 is 110 Å². The molecule has 0 amide bonds. The van der Waals surface area contributed by atoms with E-state index in [1.807, 2.05) is 0 Å². The molecule has 2 heterocycles. The number of fused-ring (bicyclic) bond motifs is 3. The third kappa shape index (κ3) is 9.83. The van der Waals surface area contributed by atoms with E-state index in [1.54, 1.807) is 6.92 Å². The zero-order valence-corrected chi connectivity index (χ0v) is 37.6. The summed E-state index contributed by atoms with van der Waals surface area (Å²) in [6.07, 6.45) is -22.7. The molecule has 1 spiro atoms. The minimum Gasteiger partial charge on any atom is -0.506 e. The van der Waals surface area contributed by atoms with Gasteiger partial charge in [0.1, 0.15) is 61.0 Å². The van der Waals surface area contributed by atoms with Crippen molar-refractivity contribution in [3.05, 3.63) is 35.2 Å². The summed E-state index contributed by atoms with van der Waals surface area (Å²) in [6, 6.07) is 0. The molecule has 4 aliphatic carbocycles. The second kappa shape index (κ2) is 20.9. The molecule has 23 heteroatoms. The van der Waals surface area contributed by atoms with Crippen LogP contribution in [-0.4, -0.2) is 206 Å². The lowest BCUT2D eigenvalue weighted by Crippen LogP contribution is -2.66. The van der Waals surface area contributed by atoms with Crippen LogP contribution in [0, 0.1) is 28.1 Å². The van der Waals surface area contributed by atoms with Crippen molar-refractivity contribution in [1.82, 2.24) is 0 Å². The first-order chi connectivity index (χ1) is 31.5. The highest BCUT2D eigenvalue weighted by molar-refractivity contribution is 5.77. The Balaban J connectivity index is 1.29.